The van der Waals surface area contributed by atoms with E-state index in [2.05, 4.69) is 4.98 Å². The molecule has 1 aromatic heterocycles. The van der Waals surface area contributed by atoms with Crippen LogP contribution in [0.2, 0.25) is 0 Å². The highest BCUT2D eigenvalue weighted by atomic mass is 16.3. The predicted octanol–water partition coefficient (Wildman–Crippen LogP) is 0.530. The number of hydrogen-bond donors (Lipinski definition) is 2. The summed E-state index contributed by atoms with van der Waals surface area (Å²) in [6.07, 6.45) is 0.745. The van der Waals surface area contributed by atoms with Crippen LogP contribution in [0.3, 0.4) is 0 Å². The van der Waals surface area contributed by atoms with Gasteiger partial charge in [0.25, 0.3) is 0 Å². The maximum atomic E-state index is 9.01. The molecule has 1 heterocycles. The van der Waals surface area contributed by atoms with E-state index in [1.54, 1.807) is 0 Å². The van der Waals surface area contributed by atoms with Crippen molar-refractivity contribution < 1.29 is 5.11 Å². The van der Waals surface area contributed by atoms with Gasteiger partial charge in [-0.1, -0.05) is 12.1 Å². The maximum Gasteiger partial charge on any atom is 0.111 e. The summed E-state index contributed by atoms with van der Waals surface area (Å²) in [6.45, 7) is 1.28. The third kappa shape index (κ3) is 1.86. The largest absolute Gasteiger partial charge is 0.395 e. The van der Waals surface area contributed by atoms with E-state index in [0.717, 1.165) is 23.3 Å². The van der Waals surface area contributed by atoms with Crippen molar-refractivity contribution in [3.05, 3.63) is 30.1 Å². The van der Waals surface area contributed by atoms with Crippen molar-refractivity contribution in [2.24, 2.45) is 5.73 Å². The monoisotopic (exact) mass is 205 g/mol. The first-order chi connectivity index (χ1) is 7.36. The number of hydrogen-bond acceptors (Lipinski definition) is 3. The van der Waals surface area contributed by atoms with Crippen LogP contribution in [0.15, 0.2) is 24.3 Å². The summed E-state index contributed by atoms with van der Waals surface area (Å²) in [4.78, 5) is 4.49. The van der Waals surface area contributed by atoms with Gasteiger partial charge in [0, 0.05) is 13.0 Å². The highest BCUT2D eigenvalue weighted by Gasteiger charge is 2.08. The van der Waals surface area contributed by atoms with Crippen molar-refractivity contribution in [2.45, 2.75) is 13.0 Å². The highest BCUT2D eigenvalue weighted by Crippen LogP contribution is 2.15. The molecular formula is C11H15N3O. The quantitative estimate of drug-likeness (QED) is 0.765. The maximum absolute atomic E-state index is 9.01. The Bertz CT molecular complexity index is 450. The van der Waals surface area contributed by atoms with Crippen LogP contribution in [0.5, 0.6) is 0 Å². The number of aliphatic hydroxyl groups is 1. The van der Waals surface area contributed by atoms with Crippen molar-refractivity contribution >= 4 is 11.0 Å². The molecule has 15 heavy (non-hydrogen) atoms. The number of nitrogens with two attached hydrogens (primary N) is 1. The molecule has 0 saturated carbocycles. The Morgan fingerprint density at radius 3 is 2.87 bits per heavy atom. The Kier molecular flexibility index (Phi) is 2.99. The number of fused-ring (bicyclic) bond motifs is 1. The van der Waals surface area contributed by atoms with Gasteiger partial charge in [0.05, 0.1) is 17.6 Å². The number of aliphatic hydroxyl groups excluding tert-OH is 1. The molecule has 2 aromatic rings. The minimum absolute atomic E-state index is 0.123. The standard InChI is InChI=1S/C11H15N3O/c12-6-5-11-13-9-3-1-2-4-10(9)14(11)7-8-15/h1-4,15H,5-8,12H2. The van der Waals surface area contributed by atoms with E-state index in [0.29, 0.717) is 13.1 Å². The Morgan fingerprint density at radius 2 is 2.13 bits per heavy atom. The molecule has 0 aliphatic heterocycles. The number of nitrogens with zero attached hydrogens (tertiary/aromatic N) is 2. The molecule has 1 aromatic carbocycles. The van der Waals surface area contributed by atoms with E-state index in [1.165, 1.54) is 0 Å². The van der Waals surface area contributed by atoms with Crippen LogP contribution in [-0.2, 0) is 13.0 Å². The van der Waals surface area contributed by atoms with Gasteiger partial charge in [-0.05, 0) is 18.7 Å². The van der Waals surface area contributed by atoms with E-state index < -0.39 is 0 Å². The SMILES string of the molecule is NCCc1nc2ccccc2n1CCO. The molecule has 4 heteroatoms. The van der Waals surface area contributed by atoms with E-state index in [1.807, 2.05) is 28.8 Å². The number of aromatic nitrogens is 2. The Morgan fingerprint density at radius 1 is 1.33 bits per heavy atom. The van der Waals surface area contributed by atoms with E-state index in [4.69, 9.17) is 10.8 Å². The molecule has 0 unspecified atom stereocenters. The van der Waals surface area contributed by atoms with Crippen LogP contribution in [-0.4, -0.2) is 27.8 Å². The van der Waals surface area contributed by atoms with E-state index in [-0.39, 0.29) is 6.61 Å². The van der Waals surface area contributed by atoms with Gasteiger partial charge < -0.3 is 15.4 Å². The van der Waals surface area contributed by atoms with E-state index >= 15 is 0 Å². The fourth-order valence-electron chi connectivity index (χ4n) is 1.79. The average Bonchev–Trinajstić information content (AvgIpc) is 2.59. The smallest absolute Gasteiger partial charge is 0.111 e. The molecule has 0 aliphatic rings. The lowest BCUT2D eigenvalue weighted by molar-refractivity contribution is 0.276. The van der Waals surface area contributed by atoms with Gasteiger partial charge in [-0.25, -0.2) is 4.98 Å². The molecule has 80 valence electrons. The topological polar surface area (TPSA) is 64.1 Å². The molecule has 0 radical (unpaired) electrons. The zero-order valence-electron chi connectivity index (χ0n) is 8.56. The molecule has 2 rings (SSSR count). The summed E-state index contributed by atoms with van der Waals surface area (Å²) in [6, 6.07) is 7.93. The summed E-state index contributed by atoms with van der Waals surface area (Å²) in [5.74, 6) is 0.952. The first kappa shape index (κ1) is 10.1. The first-order valence-corrected chi connectivity index (χ1v) is 5.12. The molecular weight excluding hydrogens is 190 g/mol. The fourth-order valence-corrected chi connectivity index (χ4v) is 1.79. The van der Waals surface area contributed by atoms with Crippen molar-refractivity contribution in [1.29, 1.82) is 0 Å². The molecule has 0 spiro atoms. The van der Waals surface area contributed by atoms with Gasteiger partial charge in [0.1, 0.15) is 5.82 Å². The normalized spacial score (nSPS) is 11.1. The van der Waals surface area contributed by atoms with Gasteiger partial charge in [0.2, 0.25) is 0 Å². The minimum atomic E-state index is 0.123. The lowest BCUT2D eigenvalue weighted by Crippen LogP contribution is -2.11. The zero-order chi connectivity index (χ0) is 10.7. The Balaban J connectivity index is 2.53. The Labute approximate surface area is 88.3 Å². The molecule has 3 N–H and O–H groups in total. The summed E-state index contributed by atoms with van der Waals surface area (Å²) in [5, 5.41) is 9.01. The molecule has 0 aliphatic carbocycles. The van der Waals surface area contributed by atoms with E-state index in [9.17, 15) is 0 Å². The van der Waals surface area contributed by atoms with Crippen molar-refractivity contribution in [2.75, 3.05) is 13.2 Å². The number of rotatable bonds is 4. The Hall–Kier alpha value is -1.39. The first-order valence-electron chi connectivity index (χ1n) is 5.12. The van der Waals surface area contributed by atoms with Crippen molar-refractivity contribution in [3.8, 4) is 0 Å². The third-order valence-electron chi connectivity index (χ3n) is 2.43. The fraction of sp³-hybridized carbons (Fsp3) is 0.364. The molecule has 0 bridgehead atoms. The van der Waals surface area contributed by atoms with Crippen molar-refractivity contribution in [3.63, 3.8) is 0 Å². The highest BCUT2D eigenvalue weighted by molar-refractivity contribution is 5.75. The lowest BCUT2D eigenvalue weighted by Gasteiger charge is -2.05. The molecule has 4 nitrogen and oxygen atoms in total. The minimum Gasteiger partial charge on any atom is -0.395 e. The predicted molar refractivity (Wildman–Crippen MR) is 59.6 cm³/mol. The van der Waals surface area contributed by atoms with Crippen LogP contribution in [0, 0.1) is 0 Å². The summed E-state index contributed by atoms with van der Waals surface area (Å²) in [5.41, 5.74) is 7.56. The van der Waals surface area contributed by atoms with Gasteiger partial charge in [0.15, 0.2) is 0 Å². The van der Waals surface area contributed by atoms with Gasteiger partial charge in [-0.3, -0.25) is 0 Å². The third-order valence-corrected chi connectivity index (χ3v) is 2.43. The molecule has 0 saturated heterocycles. The summed E-state index contributed by atoms with van der Waals surface area (Å²) < 4.78 is 2.03. The van der Waals surface area contributed by atoms with Crippen molar-refractivity contribution in [1.82, 2.24) is 9.55 Å². The summed E-state index contributed by atoms with van der Waals surface area (Å²) >= 11 is 0. The van der Waals surface area contributed by atoms with Crippen LogP contribution in [0.4, 0.5) is 0 Å². The second kappa shape index (κ2) is 4.42. The lowest BCUT2D eigenvalue weighted by atomic mass is 10.3. The van der Waals surface area contributed by atoms with Crippen LogP contribution in [0.1, 0.15) is 5.82 Å². The van der Waals surface area contributed by atoms with Crippen LogP contribution >= 0.6 is 0 Å². The van der Waals surface area contributed by atoms with Gasteiger partial charge in [-0.2, -0.15) is 0 Å². The van der Waals surface area contributed by atoms with Crippen LogP contribution < -0.4 is 5.73 Å². The molecule has 0 atom stereocenters. The molecule has 0 fully saturated rings. The number of benzene rings is 1. The zero-order valence-corrected chi connectivity index (χ0v) is 8.56. The second-order valence-electron chi connectivity index (χ2n) is 3.43. The van der Waals surface area contributed by atoms with Gasteiger partial charge >= 0.3 is 0 Å². The van der Waals surface area contributed by atoms with Crippen LogP contribution in [0.25, 0.3) is 11.0 Å². The molecule has 0 amide bonds. The number of para-hydroxylation sites is 2. The summed E-state index contributed by atoms with van der Waals surface area (Å²) in [7, 11) is 0. The van der Waals surface area contributed by atoms with Gasteiger partial charge in [-0.15, -0.1) is 0 Å². The second-order valence-corrected chi connectivity index (χ2v) is 3.43. The number of imidazole rings is 1. The average molecular weight is 205 g/mol.